The summed E-state index contributed by atoms with van der Waals surface area (Å²) < 4.78 is 0. The highest BCUT2D eigenvalue weighted by atomic mass is 32.1. The number of nitrogens with zero attached hydrogens (tertiary/aromatic N) is 1. The molecule has 0 aromatic heterocycles. The zero-order chi connectivity index (χ0) is 11.2. The normalized spacial score (nSPS) is 30.0. The molecule has 2 rings (SSSR count). The number of β-lactam (4-membered cyclic amide) rings is 1. The van der Waals surface area contributed by atoms with Gasteiger partial charge in [-0.2, -0.15) is 12.6 Å². The molecular formula is C9H12N2O3S. The summed E-state index contributed by atoms with van der Waals surface area (Å²) in [5.41, 5.74) is 6.40. The topological polar surface area (TPSA) is 83.6 Å². The maximum Gasteiger partial charge on any atom is 0.352 e. The lowest BCUT2D eigenvalue weighted by molar-refractivity contribution is -0.152. The van der Waals surface area contributed by atoms with Gasteiger partial charge in [-0.1, -0.05) is 0 Å². The number of fused-ring (bicyclic) bond motifs is 1. The van der Waals surface area contributed by atoms with Gasteiger partial charge in [-0.3, -0.25) is 9.69 Å². The van der Waals surface area contributed by atoms with Gasteiger partial charge >= 0.3 is 5.97 Å². The fourth-order valence-corrected chi connectivity index (χ4v) is 2.48. The molecular weight excluding hydrogens is 216 g/mol. The molecule has 3 N–H and O–H groups in total. The Hall–Kier alpha value is -1.01. The van der Waals surface area contributed by atoms with Crippen molar-refractivity contribution in [3.63, 3.8) is 0 Å². The van der Waals surface area contributed by atoms with E-state index in [4.69, 9.17) is 10.8 Å². The molecule has 0 saturated carbocycles. The Bertz CT molecular complexity index is 366. The van der Waals surface area contributed by atoms with Crippen LogP contribution in [0.5, 0.6) is 0 Å². The number of amides is 1. The van der Waals surface area contributed by atoms with Crippen molar-refractivity contribution in [1.82, 2.24) is 4.90 Å². The summed E-state index contributed by atoms with van der Waals surface area (Å²) >= 11 is 4.07. The number of aliphatic carboxylic acids is 1. The zero-order valence-electron chi connectivity index (χ0n) is 8.01. The molecule has 82 valence electrons. The molecule has 2 heterocycles. The standard InChI is InChI=1S/C9H12N2O3S/c10-6-5-2-1-4(3-15)7(9(13)14)11(5)8(6)12/h5-6,15H,1-3,10H2,(H,13,14). The molecule has 0 aromatic carbocycles. The number of thiol groups is 1. The van der Waals surface area contributed by atoms with Gasteiger partial charge in [0.05, 0.1) is 6.04 Å². The number of carboxylic acid groups (broad SMARTS) is 1. The summed E-state index contributed by atoms with van der Waals surface area (Å²) in [6.45, 7) is 0. The van der Waals surface area contributed by atoms with E-state index in [2.05, 4.69) is 12.6 Å². The molecule has 0 radical (unpaired) electrons. The van der Waals surface area contributed by atoms with Crippen LogP contribution in [0.1, 0.15) is 12.8 Å². The van der Waals surface area contributed by atoms with Crippen molar-refractivity contribution in [3.05, 3.63) is 11.3 Å². The largest absolute Gasteiger partial charge is 0.477 e. The van der Waals surface area contributed by atoms with Crippen LogP contribution in [0.25, 0.3) is 0 Å². The number of carbonyl (C=O) groups is 2. The first kappa shape index (κ1) is 10.5. The van der Waals surface area contributed by atoms with Gasteiger partial charge < -0.3 is 10.8 Å². The Balaban J connectivity index is 2.38. The Morgan fingerprint density at radius 2 is 2.33 bits per heavy atom. The zero-order valence-corrected chi connectivity index (χ0v) is 8.91. The van der Waals surface area contributed by atoms with E-state index < -0.39 is 12.0 Å². The molecule has 2 unspecified atom stereocenters. The van der Waals surface area contributed by atoms with E-state index in [0.717, 1.165) is 6.42 Å². The molecule has 1 amide bonds. The number of rotatable bonds is 2. The van der Waals surface area contributed by atoms with Gasteiger partial charge in [0.1, 0.15) is 11.7 Å². The first-order chi connectivity index (χ1) is 7.07. The lowest BCUT2D eigenvalue weighted by Gasteiger charge is -2.48. The van der Waals surface area contributed by atoms with Gasteiger partial charge in [0.15, 0.2) is 0 Å². The third kappa shape index (κ3) is 1.36. The predicted octanol–water partition coefficient (Wildman–Crippen LogP) is -0.413. The molecule has 0 spiro atoms. The summed E-state index contributed by atoms with van der Waals surface area (Å²) in [6, 6.07) is -0.659. The minimum Gasteiger partial charge on any atom is -0.477 e. The van der Waals surface area contributed by atoms with Gasteiger partial charge in [-0.25, -0.2) is 4.79 Å². The molecule has 6 heteroatoms. The maximum atomic E-state index is 11.5. The van der Waals surface area contributed by atoms with E-state index >= 15 is 0 Å². The van der Waals surface area contributed by atoms with Gasteiger partial charge in [0, 0.05) is 5.75 Å². The first-order valence-electron chi connectivity index (χ1n) is 4.72. The van der Waals surface area contributed by atoms with Crippen LogP contribution < -0.4 is 5.73 Å². The Kier molecular flexibility index (Phi) is 2.47. The number of carboxylic acids is 1. The van der Waals surface area contributed by atoms with E-state index in [0.29, 0.717) is 17.7 Å². The minimum atomic E-state index is -1.07. The molecule has 1 saturated heterocycles. The fraction of sp³-hybridized carbons (Fsp3) is 0.556. The second-order valence-electron chi connectivity index (χ2n) is 3.76. The lowest BCUT2D eigenvalue weighted by Crippen LogP contribution is -2.69. The minimum absolute atomic E-state index is 0.0907. The van der Waals surface area contributed by atoms with Crippen LogP contribution >= 0.6 is 12.6 Å². The van der Waals surface area contributed by atoms with Crippen molar-refractivity contribution in [3.8, 4) is 0 Å². The molecule has 1 fully saturated rings. The summed E-state index contributed by atoms with van der Waals surface area (Å²) in [6.07, 6.45) is 1.40. The average Bonchev–Trinajstić information content (AvgIpc) is 2.25. The first-order valence-corrected chi connectivity index (χ1v) is 5.36. The Morgan fingerprint density at radius 3 is 2.87 bits per heavy atom. The molecule has 0 aliphatic carbocycles. The molecule has 2 atom stereocenters. The predicted molar refractivity (Wildman–Crippen MR) is 56.4 cm³/mol. The molecule has 0 aromatic rings. The maximum absolute atomic E-state index is 11.5. The molecule has 2 aliphatic heterocycles. The van der Waals surface area contributed by atoms with E-state index in [1.807, 2.05) is 0 Å². The highest BCUT2D eigenvalue weighted by Crippen LogP contribution is 2.35. The van der Waals surface area contributed by atoms with E-state index in [-0.39, 0.29) is 17.6 Å². The van der Waals surface area contributed by atoms with Crippen LogP contribution in [0.3, 0.4) is 0 Å². The van der Waals surface area contributed by atoms with Crippen LogP contribution in [0.4, 0.5) is 0 Å². The van der Waals surface area contributed by atoms with Crippen molar-refractivity contribution in [2.24, 2.45) is 5.73 Å². The molecule has 2 aliphatic rings. The highest BCUT2D eigenvalue weighted by molar-refractivity contribution is 7.80. The van der Waals surface area contributed by atoms with Crippen molar-refractivity contribution in [2.45, 2.75) is 24.9 Å². The third-order valence-electron chi connectivity index (χ3n) is 2.98. The van der Waals surface area contributed by atoms with Crippen LogP contribution in [0.2, 0.25) is 0 Å². The van der Waals surface area contributed by atoms with Crippen molar-refractivity contribution in [1.29, 1.82) is 0 Å². The summed E-state index contributed by atoms with van der Waals surface area (Å²) in [4.78, 5) is 23.8. The highest BCUT2D eigenvalue weighted by Gasteiger charge is 2.50. The number of hydrogen-bond acceptors (Lipinski definition) is 4. The summed E-state index contributed by atoms with van der Waals surface area (Å²) in [5, 5.41) is 9.04. The second-order valence-corrected chi connectivity index (χ2v) is 4.07. The second kappa shape index (κ2) is 3.53. The van der Waals surface area contributed by atoms with Crippen LogP contribution in [0, 0.1) is 0 Å². The Labute approximate surface area is 92.3 Å². The van der Waals surface area contributed by atoms with Gasteiger partial charge in [0.2, 0.25) is 5.91 Å². The number of nitrogens with two attached hydrogens (primary N) is 1. The summed E-state index contributed by atoms with van der Waals surface area (Å²) in [7, 11) is 0. The number of hydrogen-bond donors (Lipinski definition) is 3. The van der Waals surface area contributed by atoms with Crippen molar-refractivity contribution in [2.75, 3.05) is 5.75 Å². The monoisotopic (exact) mass is 228 g/mol. The molecule has 15 heavy (non-hydrogen) atoms. The van der Waals surface area contributed by atoms with Crippen LogP contribution in [0.15, 0.2) is 11.3 Å². The van der Waals surface area contributed by atoms with E-state index in [1.165, 1.54) is 4.90 Å². The van der Waals surface area contributed by atoms with E-state index in [9.17, 15) is 9.59 Å². The lowest BCUT2D eigenvalue weighted by atomic mass is 9.84. The average molecular weight is 228 g/mol. The van der Waals surface area contributed by atoms with E-state index in [1.54, 1.807) is 0 Å². The van der Waals surface area contributed by atoms with Gasteiger partial charge in [0.25, 0.3) is 0 Å². The van der Waals surface area contributed by atoms with Crippen molar-refractivity contribution >= 4 is 24.5 Å². The fourth-order valence-electron chi connectivity index (χ4n) is 2.17. The summed E-state index contributed by atoms with van der Waals surface area (Å²) in [5.74, 6) is -0.992. The van der Waals surface area contributed by atoms with Gasteiger partial charge in [-0.05, 0) is 18.4 Å². The van der Waals surface area contributed by atoms with Crippen molar-refractivity contribution < 1.29 is 14.7 Å². The SMILES string of the molecule is NC1C(=O)N2C(C(=O)O)=C(CS)CCC12. The number of carbonyl (C=O) groups excluding carboxylic acids is 1. The molecule has 0 bridgehead atoms. The van der Waals surface area contributed by atoms with Crippen LogP contribution in [-0.2, 0) is 9.59 Å². The molecule has 5 nitrogen and oxygen atoms in total. The van der Waals surface area contributed by atoms with Gasteiger partial charge in [-0.15, -0.1) is 0 Å². The quantitative estimate of drug-likeness (QED) is 0.443. The smallest absolute Gasteiger partial charge is 0.352 e. The Morgan fingerprint density at radius 1 is 1.67 bits per heavy atom. The van der Waals surface area contributed by atoms with Crippen LogP contribution in [-0.4, -0.2) is 39.7 Å². The third-order valence-corrected chi connectivity index (χ3v) is 3.36.